The number of rotatable bonds is 3. The summed E-state index contributed by atoms with van der Waals surface area (Å²) < 4.78 is 29.3. The normalized spacial score (nSPS) is 30.5. The van der Waals surface area contributed by atoms with E-state index >= 15 is 0 Å². The van der Waals surface area contributed by atoms with Gasteiger partial charge < -0.3 is 4.90 Å². The maximum Gasteiger partial charge on any atom is 0.250 e. The quantitative estimate of drug-likeness (QED) is 0.859. The summed E-state index contributed by atoms with van der Waals surface area (Å²) >= 11 is 4.69. The van der Waals surface area contributed by atoms with E-state index in [0.717, 1.165) is 22.2 Å². The highest BCUT2D eigenvalue weighted by Crippen LogP contribution is 2.34. The number of hydrogen-bond donors (Lipinski definition) is 1. The second-order valence-electron chi connectivity index (χ2n) is 6.22. The van der Waals surface area contributed by atoms with Crippen molar-refractivity contribution in [1.29, 1.82) is 0 Å². The molecule has 118 valence electrons. The lowest BCUT2D eigenvalue weighted by Crippen LogP contribution is -2.55. The molecule has 0 spiro atoms. The number of nitrogens with zero attached hydrogens (tertiary/aromatic N) is 1. The third-order valence-electron chi connectivity index (χ3n) is 4.76. The Hall–Kier alpha value is 0.0500. The average Bonchev–Trinajstić information content (AvgIpc) is 2.72. The van der Waals surface area contributed by atoms with Gasteiger partial charge in [0.1, 0.15) is 4.21 Å². The monoisotopic (exact) mass is 392 g/mol. The first kappa shape index (κ1) is 15.9. The van der Waals surface area contributed by atoms with Gasteiger partial charge in [0.25, 0.3) is 0 Å². The van der Waals surface area contributed by atoms with Crippen molar-refractivity contribution in [2.75, 3.05) is 7.05 Å². The largest absolute Gasteiger partial charge is 0.300 e. The molecule has 1 aromatic heterocycles. The molecule has 7 heteroatoms. The molecule has 4 nitrogen and oxygen atoms in total. The molecular formula is C14H21BrN2O2S2. The Kier molecular flexibility index (Phi) is 4.49. The zero-order valence-corrected chi connectivity index (χ0v) is 15.5. The molecule has 0 aromatic carbocycles. The van der Waals surface area contributed by atoms with Crippen LogP contribution in [0.15, 0.2) is 14.1 Å². The van der Waals surface area contributed by atoms with Crippen LogP contribution >= 0.6 is 27.3 Å². The van der Waals surface area contributed by atoms with E-state index in [4.69, 9.17) is 0 Å². The van der Waals surface area contributed by atoms with Crippen LogP contribution in [-0.2, 0) is 10.0 Å². The first-order valence-electron chi connectivity index (χ1n) is 7.37. The number of fused-ring (bicyclic) bond motifs is 2. The lowest BCUT2D eigenvalue weighted by molar-refractivity contribution is 0.0536. The van der Waals surface area contributed by atoms with E-state index in [2.05, 4.69) is 32.6 Å². The predicted octanol–water partition coefficient (Wildman–Crippen LogP) is 3.11. The van der Waals surface area contributed by atoms with E-state index in [1.807, 2.05) is 6.92 Å². The minimum Gasteiger partial charge on any atom is -0.300 e. The van der Waals surface area contributed by atoms with E-state index in [1.165, 1.54) is 30.6 Å². The molecule has 0 saturated carbocycles. The molecule has 0 amide bonds. The van der Waals surface area contributed by atoms with Crippen molar-refractivity contribution in [1.82, 2.24) is 9.62 Å². The van der Waals surface area contributed by atoms with Crippen LogP contribution in [0.1, 0.15) is 37.7 Å². The van der Waals surface area contributed by atoms with Gasteiger partial charge in [-0.3, -0.25) is 0 Å². The third-order valence-corrected chi connectivity index (χ3v) is 8.89. The number of nitrogens with one attached hydrogen (secondary N) is 1. The smallest absolute Gasteiger partial charge is 0.250 e. The third kappa shape index (κ3) is 3.22. The van der Waals surface area contributed by atoms with Gasteiger partial charge >= 0.3 is 0 Å². The Balaban J connectivity index is 1.74. The Morgan fingerprint density at radius 1 is 1.33 bits per heavy atom. The molecular weight excluding hydrogens is 372 g/mol. The Bertz CT molecular complexity index is 595. The van der Waals surface area contributed by atoms with E-state index in [-0.39, 0.29) is 6.04 Å². The molecule has 2 fully saturated rings. The summed E-state index contributed by atoms with van der Waals surface area (Å²) in [6, 6.07) is 2.87. The minimum atomic E-state index is -3.39. The summed E-state index contributed by atoms with van der Waals surface area (Å²) in [7, 11) is -1.21. The first-order chi connectivity index (χ1) is 9.87. The van der Waals surface area contributed by atoms with Crippen molar-refractivity contribution in [3.05, 3.63) is 15.4 Å². The number of piperidine rings is 2. The van der Waals surface area contributed by atoms with Crippen LogP contribution in [0.4, 0.5) is 0 Å². The van der Waals surface area contributed by atoms with Gasteiger partial charge in [0.05, 0.1) is 3.79 Å². The molecule has 2 bridgehead atoms. The fourth-order valence-electron chi connectivity index (χ4n) is 3.55. The summed E-state index contributed by atoms with van der Waals surface area (Å²) in [5, 5.41) is 0. The van der Waals surface area contributed by atoms with E-state index < -0.39 is 10.0 Å². The van der Waals surface area contributed by atoms with Crippen LogP contribution in [0, 0.1) is 6.92 Å². The van der Waals surface area contributed by atoms with Gasteiger partial charge in [0.15, 0.2) is 0 Å². The van der Waals surface area contributed by atoms with Crippen molar-refractivity contribution >= 4 is 37.3 Å². The number of aryl methyl sites for hydroxylation is 1. The summed E-state index contributed by atoms with van der Waals surface area (Å²) in [6.45, 7) is 1.92. The molecule has 2 aliphatic heterocycles. The van der Waals surface area contributed by atoms with Crippen molar-refractivity contribution in [2.45, 2.75) is 61.4 Å². The molecule has 1 aromatic rings. The highest BCUT2D eigenvalue weighted by Gasteiger charge is 2.37. The molecule has 2 atom stereocenters. The van der Waals surface area contributed by atoms with Crippen LogP contribution in [0.3, 0.4) is 0 Å². The highest BCUT2D eigenvalue weighted by atomic mass is 79.9. The van der Waals surface area contributed by atoms with Crippen LogP contribution < -0.4 is 4.72 Å². The lowest BCUT2D eigenvalue weighted by atomic mass is 9.83. The van der Waals surface area contributed by atoms with Crippen LogP contribution in [0.5, 0.6) is 0 Å². The summed E-state index contributed by atoms with van der Waals surface area (Å²) in [5.74, 6) is 0. The summed E-state index contributed by atoms with van der Waals surface area (Å²) in [5.41, 5.74) is 0.973. The number of hydrogen-bond acceptors (Lipinski definition) is 4. The fourth-order valence-corrected chi connectivity index (χ4v) is 7.06. The molecule has 2 saturated heterocycles. The Labute approximate surface area is 139 Å². The second kappa shape index (κ2) is 5.92. The summed E-state index contributed by atoms with van der Waals surface area (Å²) in [6.07, 6.45) is 5.51. The molecule has 21 heavy (non-hydrogen) atoms. The van der Waals surface area contributed by atoms with Crippen LogP contribution in [0.25, 0.3) is 0 Å². The van der Waals surface area contributed by atoms with Crippen molar-refractivity contribution in [2.24, 2.45) is 0 Å². The number of sulfonamides is 1. The van der Waals surface area contributed by atoms with E-state index in [9.17, 15) is 8.42 Å². The maximum atomic E-state index is 12.5. The molecule has 0 radical (unpaired) electrons. The van der Waals surface area contributed by atoms with Crippen molar-refractivity contribution in [3.8, 4) is 0 Å². The topological polar surface area (TPSA) is 49.4 Å². The molecule has 3 heterocycles. The van der Waals surface area contributed by atoms with E-state index in [0.29, 0.717) is 16.3 Å². The average molecular weight is 393 g/mol. The number of thiophene rings is 1. The van der Waals surface area contributed by atoms with Gasteiger partial charge in [0.2, 0.25) is 10.0 Å². The molecule has 3 rings (SSSR count). The van der Waals surface area contributed by atoms with Gasteiger partial charge in [-0.2, -0.15) is 0 Å². The summed E-state index contributed by atoms with van der Waals surface area (Å²) in [4.78, 5) is 2.44. The molecule has 0 aliphatic carbocycles. The van der Waals surface area contributed by atoms with Gasteiger partial charge in [-0.15, -0.1) is 11.3 Å². The van der Waals surface area contributed by atoms with Gasteiger partial charge in [0, 0.05) is 18.1 Å². The second-order valence-corrected chi connectivity index (χ2v) is 10.5. The van der Waals surface area contributed by atoms with Gasteiger partial charge in [-0.25, -0.2) is 13.1 Å². The van der Waals surface area contributed by atoms with Crippen LogP contribution in [0.2, 0.25) is 0 Å². The van der Waals surface area contributed by atoms with Crippen molar-refractivity contribution < 1.29 is 8.42 Å². The molecule has 1 N–H and O–H groups in total. The maximum absolute atomic E-state index is 12.5. The molecule has 2 unspecified atom stereocenters. The predicted molar refractivity (Wildman–Crippen MR) is 89.3 cm³/mol. The SMILES string of the molecule is Cc1cc(S(=O)(=O)NC2CC3CCCC(C2)N3C)sc1Br. The minimum absolute atomic E-state index is 0.0719. The zero-order chi connectivity index (χ0) is 15.2. The fraction of sp³-hybridized carbons (Fsp3) is 0.714. The highest BCUT2D eigenvalue weighted by molar-refractivity contribution is 9.11. The van der Waals surface area contributed by atoms with Crippen LogP contribution in [-0.4, -0.2) is 38.5 Å². The Morgan fingerprint density at radius 3 is 2.48 bits per heavy atom. The molecule has 2 aliphatic rings. The Morgan fingerprint density at radius 2 is 1.95 bits per heavy atom. The van der Waals surface area contributed by atoms with Gasteiger partial charge in [-0.05, 0) is 67.2 Å². The first-order valence-corrected chi connectivity index (χ1v) is 10.5. The number of halogens is 1. The standard InChI is InChI=1S/C14H21BrN2O2S2/c1-9-6-13(20-14(9)15)21(18,19)16-10-7-11-4-3-5-12(8-10)17(11)2/h6,10-12,16H,3-5,7-8H2,1-2H3. The van der Waals surface area contributed by atoms with E-state index in [1.54, 1.807) is 6.07 Å². The lowest BCUT2D eigenvalue weighted by Gasteiger charge is -2.47. The van der Waals surface area contributed by atoms with Crippen molar-refractivity contribution in [3.63, 3.8) is 0 Å². The van der Waals surface area contributed by atoms with Gasteiger partial charge in [-0.1, -0.05) is 6.42 Å². The zero-order valence-electron chi connectivity index (χ0n) is 12.3.